The maximum atomic E-state index is 12.2. The van der Waals surface area contributed by atoms with Gasteiger partial charge in [-0.1, -0.05) is 13.8 Å². The third-order valence-corrected chi connectivity index (χ3v) is 3.57. The van der Waals surface area contributed by atoms with E-state index in [1.54, 1.807) is 17.0 Å². The molecule has 2 rings (SSSR count). The van der Waals surface area contributed by atoms with Crippen LogP contribution in [0.5, 0.6) is 0 Å². The first-order chi connectivity index (χ1) is 10.1. The highest BCUT2D eigenvalue weighted by atomic mass is 16.2. The van der Waals surface area contributed by atoms with Gasteiger partial charge in [0.15, 0.2) is 5.82 Å². The van der Waals surface area contributed by atoms with E-state index in [1.165, 1.54) is 0 Å². The van der Waals surface area contributed by atoms with Crippen molar-refractivity contribution in [2.75, 3.05) is 25.0 Å². The molecule has 0 atom stereocenters. The van der Waals surface area contributed by atoms with E-state index in [1.807, 2.05) is 4.90 Å². The zero-order valence-corrected chi connectivity index (χ0v) is 12.8. The lowest BCUT2D eigenvalue weighted by Gasteiger charge is -2.15. The first-order valence-corrected chi connectivity index (χ1v) is 7.65. The summed E-state index contributed by atoms with van der Waals surface area (Å²) < 4.78 is 1.66. The van der Waals surface area contributed by atoms with Crippen LogP contribution in [0.25, 0.3) is 0 Å². The van der Waals surface area contributed by atoms with E-state index in [0.29, 0.717) is 31.2 Å². The topological polar surface area (TPSA) is 67.2 Å². The van der Waals surface area contributed by atoms with Gasteiger partial charge < -0.3 is 14.8 Å². The van der Waals surface area contributed by atoms with Crippen molar-refractivity contribution in [2.45, 2.75) is 39.7 Å². The van der Waals surface area contributed by atoms with Crippen molar-refractivity contribution >= 4 is 11.7 Å². The number of carbonyl (C=O) groups is 1. The van der Waals surface area contributed by atoms with Crippen LogP contribution in [0, 0.1) is 5.92 Å². The van der Waals surface area contributed by atoms with E-state index >= 15 is 0 Å². The van der Waals surface area contributed by atoms with Crippen molar-refractivity contribution in [1.82, 2.24) is 14.5 Å². The second-order valence-electron chi connectivity index (χ2n) is 5.89. The zero-order valence-electron chi connectivity index (χ0n) is 12.8. The van der Waals surface area contributed by atoms with Crippen LogP contribution in [0.3, 0.4) is 0 Å². The molecule has 0 bridgehead atoms. The molecule has 0 spiro atoms. The van der Waals surface area contributed by atoms with Crippen LogP contribution in [-0.2, 0) is 11.3 Å². The fourth-order valence-corrected chi connectivity index (χ4v) is 2.52. The summed E-state index contributed by atoms with van der Waals surface area (Å²) in [7, 11) is 0. The molecule has 0 saturated carbocycles. The molecule has 0 radical (unpaired) electrons. The number of hydrogen-bond acceptors (Lipinski definition) is 4. The lowest BCUT2D eigenvalue weighted by Crippen LogP contribution is -2.30. The molecular weight excluding hydrogens is 268 g/mol. The number of aromatic nitrogens is 2. The maximum absolute atomic E-state index is 12.2. The minimum atomic E-state index is -0.125. The van der Waals surface area contributed by atoms with Crippen molar-refractivity contribution in [1.29, 1.82) is 0 Å². The van der Waals surface area contributed by atoms with Crippen LogP contribution >= 0.6 is 0 Å². The Balaban J connectivity index is 1.88. The predicted octanol–water partition coefficient (Wildman–Crippen LogP) is 1.32. The number of amides is 1. The third kappa shape index (κ3) is 4.31. The predicted molar refractivity (Wildman–Crippen MR) is 82.3 cm³/mol. The average molecular weight is 292 g/mol. The molecule has 1 saturated heterocycles. The summed E-state index contributed by atoms with van der Waals surface area (Å²) in [4.78, 5) is 30.1. The Morgan fingerprint density at radius 1 is 1.38 bits per heavy atom. The molecule has 0 aromatic carbocycles. The summed E-state index contributed by atoms with van der Waals surface area (Å²) >= 11 is 0. The zero-order chi connectivity index (χ0) is 15.2. The molecule has 1 N–H and O–H groups in total. The SMILES string of the molecule is CC(C)Cn1ccnc(NCCC(=O)N2CCCC2)c1=O. The van der Waals surface area contributed by atoms with E-state index in [0.717, 1.165) is 25.9 Å². The summed E-state index contributed by atoms with van der Waals surface area (Å²) in [6.45, 7) is 6.97. The van der Waals surface area contributed by atoms with E-state index in [4.69, 9.17) is 0 Å². The van der Waals surface area contributed by atoms with Crippen molar-refractivity contribution in [3.63, 3.8) is 0 Å². The van der Waals surface area contributed by atoms with Gasteiger partial charge in [-0.2, -0.15) is 0 Å². The molecule has 21 heavy (non-hydrogen) atoms. The minimum Gasteiger partial charge on any atom is -0.365 e. The molecule has 0 aliphatic carbocycles. The largest absolute Gasteiger partial charge is 0.365 e. The standard InChI is InChI=1S/C15H24N4O2/c1-12(2)11-19-10-7-17-14(15(19)21)16-6-5-13(20)18-8-3-4-9-18/h7,10,12H,3-6,8-9,11H2,1-2H3,(H,16,17). The van der Waals surface area contributed by atoms with Gasteiger partial charge in [-0.05, 0) is 18.8 Å². The molecular formula is C15H24N4O2. The van der Waals surface area contributed by atoms with Gasteiger partial charge in [0.2, 0.25) is 5.91 Å². The van der Waals surface area contributed by atoms with E-state index < -0.39 is 0 Å². The fourth-order valence-electron chi connectivity index (χ4n) is 2.52. The van der Waals surface area contributed by atoms with Crippen molar-refractivity contribution in [3.8, 4) is 0 Å². The quantitative estimate of drug-likeness (QED) is 0.859. The van der Waals surface area contributed by atoms with Gasteiger partial charge in [-0.15, -0.1) is 0 Å². The number of anilines is 1. The summed E-state index contributed by atoms with van der Waals surface area (Å²) in [5.41, 5.74) is -0.125. The highest BCUT2D eigenvalue weighted by molar-refractivity contribution is 5.76. The second-order valence-corrected chi connectivity index (χ2v) is 5.89. The Hall–Kier alpha value is -1.85. The van der Waals surface area contributed by atoms with E-state index in [-0.39, 0.29) is 11.5 Å². The molecule has 1 amide bonds. The fraction of sp³-hybridized carbons (Fsp3) is 0.667. The first kappa shape index (κ1) is 15.5. The van der Waals surface area contributed by atoms with Gasteiger partial charge in [-0.25, -0.2) is 4.98 Å². The average Bonchev–Trinajstić information content (AvgIpc) is 2.96. The highest BCUT2D eigenvalue weighted by Crippen LogP contribution is 2.08. The van der Waals surface area contributed by atoms with Crippen molar-refractivity contribution in [2.24, 2.45) is 5.92 Å². The molecule has 2 heterocycles. The van der Waals surface area contributed by atoms with Gasteiger partial charge in [0.1, 0.15) is 0 Å². The van der Waals surface area contributed by atoms with Crippen LogP contribution in [0.1, 0.15) is 33.1 Å². The molecule has 1 aromatic heterocycles. The number of rotatable bonds is 6. The Morgan fingerprint density at radius 3 is 2.76 bits per heavy atom. The van der Waals surface area contributed by atoms with Crippen LogP contribution in [0.2, 0.25) is 0 Å². The summed E-state index contributed by atoms with van der Waals surface area (Å²) in [5, 5.41) is 2.99. The molecule has 6 heteroatoms. The van der Waals surface area contributed by atoms with E-state index in [2.05, 4.69) is 24.1 Å². The van der Waals surface area contributed by atoms with Crippen LogP contribution in [-0.4, -0.2) is 40.0 Å². The van der Waals surface area contributed by atoms with Gasteiger partial charge in [0.25, 0.3) is 5.56 Å². The molecule has 1 aromatic rings. The summed E-state index contributed by atoms with van der Waals surface area (Å²) in [5.74, 6) is 0.875. The van der Waals surface area contributed by atoms with Crippen LogP contribution < -0.4 is 10.9 Å². The number of likely N-dealkylation sites (tertiary alicyclic amines) is 1. The molecule has 1 aliphatic rings. The van der Waals surface area contributed by atoms with E-state index in [9.17, 15) is 9.59 Å². The number of carbonyl (C=O) groups excluding carboxylic acids is 1. The first-order valence-electron chi connectivity index (χ1n) is 7.65. The molecule has 0 unspecified atom stereocenters. The van der Waals surface area contributed by atoms with Gasteiger partial charge in [-0.3, -0.25) is 9.59 Å². The normalized spacial score (nSPS) is 14.7. The Labute approximate surface area is 125 Å². The van der Waals surface area contributed by atoms with Crippen LogP contribution in [0.4, 0.5) is 5.82 Å². The van der Waals surface area contributed by atoms with Gasteiger partial charge in [0, 0.05) is 45.0 Å². The monoisotopic (exact) mass is 292 g/mol. The molecule has 6 nitrogen and oxygen atoms in total. The summed E-state index contributed by atoms with van der Waals surface area (Å²) in [6, 6.07) is 0. The number of nitrogens with zero attached hydrogens (tertiary/aromatic N) is 3. The lowest BCUT2D eigenvalue weighted by atomic mass is 10.2. The Morgan fingerprint density at radius 2 is 2.10 bits per heavy atom. The second kappa shape index (κ2) is 7.24. The van der Waals surface area contributed by atoms with Gasteiger partial charge in [0.05, 0.1) is 0 Å². The Kier molecular flexibility index (Phi) is 5.36. The molecule has 116 valence electrons. The molecule has 1 fully saturated rings. The lowest BCUT2D eigenvalue weighted by molar-refractivity contribution is -0.129. The third-order valence-electron chi connectivity index (χ3n) is 3.57. The molecule has 1 aliphatic heterocycles. The maximum Gasteiger partial charge on any atom is 0.293 e. The van der Waals surface area contributed by atoms with Crippen LogP contribution in [0.15, 0.2) is 17.2 Å². The Bertz CT molecular complexity index is 533. The number of hydrogen-bond donors (Lipinski definition) is 1. The highest BCUT2D eigenvalue weighted by Gasteiger charge is 2.17. The van der Waals surface area contributed by atoms with Crippen molar-refractivity contribution < 1.29 is 4.79 Å². The summed E-state index contributed by atoms with van der Waals surface area (Å²) in [6.07, 6.45) is 5.91. The minimum absolute atomic E-state index is 0.125. The smallest absolute Gasteiger partial charge is 0.293 e. The number of nitrogens with one attached hydrogen (secondary N) is 1. The van der Waals surface area contributed by atoms with Gasteiger partial charge >= 0.3 is 0 Å². The van der Waals surface area contributed by atoms with Crippen molar-refractivity contribution in [3.05, 3.63) is 22.7 Å².